The molecule has 0 fully saturated rings. The number of methoxy groups -OCH3 is 2. The maximum atomic E-state index is 13.4. The Balaban J connectivity index is 1.99. The highest BCUT2D eigenvalue weighted by Crippen LogP contribution is 2.41. The van der Waals surface area contributed by atoms with Crippen molar-refractivity contribution in [1.82, 2.24) is 9.88 Å². The number of fused-ring (bicyclic) bond motifs is 2. The number of aryl methyl sites for hydroxylation is 2. The number of nitrogens with zero attached hydrogens (tertiary/aromatic N) is 1. The number of pyridine rings is 1. The van der Waals surface area contributed by atoms with Crippen LogP contribution in [0.5, 0.6) is 11.5 Å². The second-order valence-corrected chi connectivity index (χ2v) is 8.77. The molecule has 168 valence electrons. The second-order valence-electron chi connectivity index (χ2n) is 8.77. The summed E-state index contributed by atoms with van der Waals surface area (Å²) in [6, 6.07) is 9.37. The number of carbonyl (C=O) groups is 1. The molecule has 0 saturated heterocycles. The highest BCUT2D eigenvalue weighted by Gasteiger charge is 2.35. The average Bonchev–Trinajstić information content (AvgIpc) is 2.79. The number of aromatic amines is 1. The first-order valence-corrected chi connectivity index (χ1v) is 10.9. The fourth-order valence-corrected chi connectivity index (χ4v) is 4.60. The number of nitrogens with one attached hydrogen (secondary N) is 1. The summed E-state index contributed by atoms with van der Waals surface area (Å²) in [5.74, 6) is 1.07. The zero-order valence-corrected chi connectivity index (χ0v) is 19.5. The van der Waals surface area contributed by atoms with Crippen LogP contribution in [-0.2, 0) is 11.2 Å². The van der Waals surface area contributed by atoms with Crippen LogP contribution in [0.15, 0.2) is 35.1 Å². The molecule has 1 aliphatic rings. The molecule has 0 bridgehead atoms. The summed E-state index contributed by atoms with van der Waals surface area (Å²) in [6.07, 6.45) is 0.689. The van der Waals surface area contributed by atoms with E-state index in [9.17, 15) is 9.59 Å². The van der Waals surface area contributed by atoms with E-state index in [1.54, 1.807) is 14.2 Å². The predicted molar refractivity (Wildman–Crippen MR) is 126 cm³/mol. The van der Waals surface area contributed by atoms with Gasteiger partial charge in [-0.05, 0) is 66.1 Å². The number of aromatic nitrogens is 1. The lowest BCUT2D eigenvalue weighted by Crippen LogP contribution is -2.44. The van der Waals surface area contributed by atoms with Gasteiger partial charge in [0.1, 0.15) is 0 Å². The van der Waals surface area contributed by atoms with Gasteiger partial charge in [0.15, 0.2) is 11.5 Å². The maximum absolute atomic E-state index is 13.4. The van der Waals surface area contributed by atoms with Crippen molar-refractivity contribution in [3.63, 3.8) is 0 Å². The summed E-state index contributed by atoms with van der Waals surface area (Å²) < 4.78 is 11.0. The number of benzene rings is 2. The number of amides is 1. The third-order valence-corrected chi connectivity index (χ3v) is 6.53. The van der Waals surface area contributed by atoms with E-state index in [-0.39, 0.29) is 17.4 Å². The van der Waals surface area contributed by atoms with E-state index in [0.29, 0.717) is 30.0 Å². The van der Waals surface area contributed by atoms with Crippen molar-refractivity contribution in [2.75, 3.05) is 20.8 Å². The first-order valence-electron chi connectivity index (χ1n) is 10.9. The van der Waals surface area contributed by atoms with Crippen LogP contribution in [0.3, 0.4) is 0 Å². The van der Waals surface area contributed by atoms with Crippen molar-refractivity contribution in [3.8, 4) is 11.5 Å². The van der Waals surface area contributed by atoms with E-state index in [0.717, 1.165) is 33.2 Å². The Kier molecular flexibility index (Phi) is 5.71. The standard InChI is InChI=1S/C26H30N2O4/c1-14(2)26(30)28-10-9-17-12-21(31-5)22(32-6)13-19(17)24(28)20-11-18-8-7-15(3)16(4)23(18)27-25(20)29/h7-8,11-14,24H,9-10H2,1-6H3,(H,27,29)/t24-/m1/s1. The van der Waals surface area contributed by atoms with Gasteiger partial charge in [-0.2, -0.15) is 0 Å². The molecule has 4 rings (SSSR count). The molecule has 32 heavy (non-hydrogen) atoms. The highest BCUT2D eigenvalue weighted by molar-refractivity contribution is 5.84. The summed E-state index contributed by atoms with van der Waals surface area (Å²) in [6.45, 7) is 8.35. The lowest BCUT2D eigenvalue weighted by Gasteiger charge is -2.38. The maximum Gasteiger partial charge on any atom is 0.254 e. The molecule has 1 amide bonds. The first-order chi connectivity index (χ1) is 15.3. The quantitative estimate of drug-likeness (QED) is 0.665. The summed E-state index contributed by atoms with van der Waals surface area (Å²) in [4.78, 5) is 31.5. The Morgan fingerprint density at radius 1 is 1.06 bits per heavy atom. The van der Waals surface area contributed by atoms with Crippen LogP contribution in [0.1, 0.15) is 47.7 Å². The Bertz CT molecular complexity index is 1260. The molecule has 0 spiro atoms. The summed E-state index contributed by atoms with van der Waals surface area (Å²) in [5.41, 5.74) is 5.35. The number of hydrogen-bond donors (Lipinski definition) is 1. The zero-order chi connectivity index (χ0) is 23.2. The number of hydrogen-bond acceptors (Lipinski definition) is 4. The molecule has 1 N–H and O–H groups in total. The Hall–Kier alpha value is -3.28. The fourth-order valence-electron chi connectivity index (χ4n) is 4.60. The van der Waals surface area contributed by atoms with Gasteiger partial charge in [-0.1, -0.05) is 26.0 Å². The van der Waals surface area contributed by atoms with E-state index in [1.165, 1.54) is 0 Å². The van der Waals surface area contributed by atoms with Gasteiger partial charge >= 0.3 is 0 Å². The number of H-pyrrole nitrogens is 1. The van der Waals surface area contributed by atoms with Crippen molar-refractivity contribution in [2.24, 2.45) is 5.92 Å². The third-order valence-electron chi connectivity index (χ3n) is 6.53. The monoisotopic (exact) mass is 434 g/mol. The fraction of sp³-hybridized carbons (Fsp3) is 0.385. The van der Waals surface area contributed by atoms with Crippen LogP contribution >= 0.6 is 0 Å². The van der Waals surface area contributed by atoms with E-state index < -0.39 is 6.04 Å². The molecule has 0 radical (unpaired) electrons. The van der Waals surface area contributed by atoms with Crippen LogP contribution in [0, 0.1) is 19.8 Å². The SMILES string of the molecule is COc1cc2c(cc1OC)[C@H](c1cc3ccc(C)c(C)c3[nH]c1=O)N(C(=O)C(C)C)CC2. The molecule has 3 aromatic rings. The molecule has 0 saturated carbocycles. The molecular weight excluding hydrogens is 404 g/mol. The smallest absolute Gasteiger partial charge is 0.254 e. The van der Waals surface area contributed by atoms with Crippen molar-refractivity contribution >= 4 is 16.8 Å². The van der Waals surface area contributed by atoms with Gasteiger partial charge in [0.25, 0.3) is 5.56 Å². The van der Waals surface area contributed by atoms with E-state index >= 15 is 0 Å². The van der Waals surface area contributed by atoms with Crippen LogP contribution in [0.25, 0.3) is 10.9 Å². The van der Waals surface area contributed by atoms with Crippen LogP contribution in [0.4, 0.5) is 0 Å². The molecule has 1 aliphatic heterocycles. The third kappa shape index (κ3) is 3.53. The van der Waals surface area contributed by atoms with Gasteiger partial charge in [0.2, 0.25) is 5.91 Å². The second kappa shape index (κ2) is 8.34. The van der Waals surface area contributed by atoms with Gasteiger partial charge in [-0.25, -0.2) is 0 Å². The molecule has 2 heterocycles. The van der Waals surface area contributed by atoms with Gasteiger partial charge in [0, 0.05) is 18.0 Å². The molecule has 1 aromatic heterocycles. The Morgan fingerprint density at radius 2 is 1.75 bits per heavy atom. The minimum Gasteiger partial charge on any atom is -0.493 e. The summed E-state index contributed by atoms with van der Waals surface area (Å²) in [5, 5.41) is 0.951. The highest BCUT2D eigenvalue weighted by atomic mass is 16.5. The number of rotatable bonds is 4. The van der Waals surface area contributed by atoms with Gasteiger partial charge in [-0.3, -0.25) is 9.59 Å². The number of ether oxygens (including phenoxy) is 2. The molecule has 2 aromatic carbocycles. The largest absolute Gasteiger partial charge is 0.493 e. The topological polar surface area (TPSA) is 71.6 Å². The minimum atomic E-state index is -0.497. The number of carbonyl (C=O) groups excluding carboxylic acids is 1. The van der Waals surface area contributed by atoms with E-state index in [4.69, 9.17) is 9.47 Å². The average molecular weight is 435 g/mol. The van der Waals surface area contributed by atoms with E-state index in [2.05, 4.69) is 11.1 Å². The zero-order valence-electron chi connectivity index (χ0n) is 19.5. The lowest BCUT2D eigenvalue weighted by atomic mass is 9.86. The predicted octanol–water partition coefficient (Wildman–Crippen LogP) is 4.29. The summed E-state index contributed by atoms with van der Waals surface area (Å²) in [7, 11) is 3.20. The van der Waals surface area contributed by atoms with Gasteiger partial charge < -0.3 is 19.4 Å². The van der Waals surface area contributed by atoms with Crippen molar-refractivity contribution in [2.45, 2.75) is 40.2 Å². The van der Waals surface area contributed by atoms with Crippen molar-refractivity contribution < 1.29 is 14.3 Å². The van der Waals surface area contributed by atoms with Gasteiger partial charge in [-0.15, -0.1) is 0 Å². The molecule has 0 unspecified atom stereocenters. The minimum absolute atomic E-state index is 0.0232. The molecule has 6 nitrogen and oxygen atoms in total. The molecular formula is C26H30N2O4. The van der Waals surface area contributed by atoms with Crippen LogP contribution in [-0.4, -0.2) is 36.6 Å². The van der Waals surface area contributed by atoms with E-state index in [1.807, 2.05) is 56.9 Å². The summed E-state index contributed by atoms with van der Waals surface area (Å²) >= 11 is 0. The molecule has 0 aliphatic carbocycles. The molecule has 1 atom stereocenters. The van der Waals surface area contributed by atoms with Crippen LogP contribution in [0.2, 0.25) is 0 Å². The van der Waals surface area contributed by atoms with Crippen molar-refractivity contribution in [3.05, 3.63) is 68.5 Å². The van der Waals surface area contributed by atoms with Gasteiger partial charge in [0.05, 0.1) is 25.8 Å². The Labute approximate surface area is 188 Å². The first kappa shape index (κ1) is 21.9. The Morgan fingerprint density at radius 3 is 2.41 bits per heavy atom. The lowest BCUT2D eigenvalue weighted by molar-refractivity contribution is -0.136. The van der Waals surface area contributed by atoms with Crippen molar-refractivity contribution in [1.29, 1.82) is 0 Å². The normalized spacial score (nSPS) is 15.7. The van der Waals surface area contributed by atoms with Crippen LogP contribution < -0.4 is 15.0 Å². The molecule has 6 heteroatoms.